The molecule has 2 N–H and O–H groups in total. The lowest BCUT2D eigenvalue weighted by Gasteiger charge is -1.78. The van der Waals surface area contributed by atoms with E-state index in [0.717, 1.165) is 5.56 Å². The molecule has 0 saturated heterocycles. The lowest BCUT2D eigenvalue weighted by Crippen LogP contribution is -2.06. The van der Waals surface area contributed by atoms with Crippen molar-refractivity contribution < 1.29 is 10.0 Å². The fraction of sp³-hybridized carbons (Fsp3) is 0. The Kier molecular flexibility index (Phi) is 2.52. The van der Waals surface area contributed by atoms with Crippen molar-refractivity contribution >= 4 is 18.5 Å². The van der Waals surface area contributed by atoms with Crippen molar-refractivity contribution in [1.29, 1.82) is 0 Å². The maximum Gasteiger partial charge on any atom is 0.545 e. The largest absolute Gasteiger partial charge is 0.545 e. The molecule has 1 aromatic heterocycles. The first-order chi connectivity index (χ1) is 4.79. The Bertz CT molecular complexity index is 244. The second kappa shape index (κ2) is 3.42. The van der Waals surface area contributed by atoms with E-state index in [0.29, 0.717) is 0 Å². The minimum absolute atomic E-state index is 0.818. The van der Waals surface area contributed by atoms with Crippen LogP contribution in [-0.4, -0.2) is 17.2 Å². The lowest BCUT2D eigenvalue weighted by atomic mass is 9.94. The van der Waals surface area contributed by atoms with E-state index in [-0.39, 0.29) is 0 Å². The van der Waals surface area contributed by atoms with Crippen LogP contribution in [0.15, 0.2) is 16.8 Å². The van der Waals surface area contributed by atoms with Crippen molar-refractivity contribution in [2.45, 2.75) is 0 Å². The molecular weight excluding hydrogens is 147 g/mol. The van der Waals surface area contributed by atoms with E-state index in [4.69, 9.17) is 10.0 Å². The summed E-state index contributed by atoms with van der Waals surface area (Å²) in [6, 6.07) is 1.82. The quantitative estimate of drug-likeness (QED) is 0.409. The maximum atomic E-state index is 8.34. The standard InChI is InChI=1S/C6H5BO2S/c8-7(9)3-1-6-2-4-10-5-6/h2,4-5,8-9H. The highest BCUT2D eigenvalue weighted by atomic mass is 32.1. The summed E-state index contributed by atoms with van der Waals surface area (Å²) in [7, 11) is -1.53. The number of thiophene rings is 1. The third kappa shape index (κ3) is 2.23. The molecule has 0 spiro atoms. The number of hydrogen-bond donors (Lipinski definition) is 2. The van der Waals surface area contributed by atoms with E-state index in [9.17, 15) is 0 Å². The topological polar surface area (TPSA) is 40.5 Å². The molecule has 0 aliphatic heterocycles. The molecule has 0 aromatic carbocycles. The zero-order valence-corrected chi connectivity index (χ0v) is 5.93. The van der Waals surface area contributed by atoms with Gasteiger partial charge in [0.05, 0.1) is 0 Å². The summed E-state index contributed by atoms with van der Waals surface area (Å²) < 4.78 is 0. The summed E-state index contributed by atoms with van der Waals surface area (Å²) >= 11 is 1.53. The van der Waals surface area contributed by atoms with Gasteiger partial charge in [0.15, 0.2) is 0 Å². The highest BCUT2D eigenvalue weighted by Crippen LogP contribution is 2.02. The van der Waals surface area contributed by atoms with Gasteiger partial charge in [-0.1, -0.05) is 11.7 Å². The van der Waals surface area contributed by atoms with Crippen molar-refractivity contribution in [3.05, 3.63) is 22.4 Å². The van der Waals surface area contributed by atoms with Gasteiger partial charge in [-0.05, 0) is 11.4 Å². The molecule has 10 heavy (non-hydrogen) atoms. The Hall–Kier alpha value is -0.755. The monoisotopic (exact) mass is 152 g/mol. The van der Waals surface area contributed by atoms with Crippen LogP contribution >= 0.6 is 11.3 Å². The molecule has 2 nitrogen and oxygen atoms in total. The van der Waals surface area contributed by atoms with Crippen LogP contribution in [0.5, 0.6) is 0 Å². The normalized spacial score (nSPS) is 8.20. The molecule has 0 aliphatic rings. The van der Waals surface area contributed by atoms with Crippen LogP contribution in [0, 0.1) is 11.7 Å². The Morgan fingerprint density at radius 3 is 2.80 bits per heavy atom. The Morgan fingerprint density at radius 1 is 1.50 bits per heavy atom. The van der Waals surface area contributed by atoms with E-state index < -0.39 is 7.12 Å². The molecule has 0 aliphatic carbocycles. The van der Waals surface area contributed by atoms with Gasteiger partial charge < -0.3 is 10.0 Å². The molecule has 0 unspecified atom stereocenters. The Labute approximate surface area is 63.3 Å². The molecule has 0 fully saturated rings. The zero-order chi connectivity index (χ0) is 7.40. The minimum Gasteiger partial charge on any atom is -0.416 e. The fourth-order valence-electron chi connectivity index (χ4n) is 0.483. The summed E-state index contributed by atoms with van der Waals surface area (Å²) in [6.07, 6.45) is 0. The van der Waals surface area contributed by atoms with E-state index in [2.05, 4.69) is 11.7 Å². The van der Waals surface area contributed by atoms with Crippen LogP contribution in [-0.2, 0) is 0 Å². The number of rotatable bonds is 0. The molecule has 0 bridgehead atoms. The van der Waals surface area contributed by atoms with Crippen LogP contribution in [0.25, 0.3) is 0 Å². The first-order valence-electron chi connectivity index (χ1n) is 2.69. The Balaban J connectivity index is 2.66. The molecule has 0 radical (unpaired) electrons. The second-order valence-electron chi connectivity index (χ2n) is 1.66. The molecule has 1 heterocycles. The van der Waals surface area contributed by atoms with Gasteiger partial charge >= 0.3 is 7.12 Å². The maximum absolute atomic E-state index is 8.34. The predicted octanol–water partition coefficient (Wildman–Crippen LogP) is 0.112. The third-order valence-electron chi connectivity index (χ3n) is 0.867. The predicted molar refractivity (Wildman–Crippen MR) is 41.4 cm³/mol. The average molecular weight is 152 g/mol. The molecule has 0 amide bonds. The SMILES string of the molecule is OB(O)C#Cc1ccsc1. The minimum atomic E-state index is -1.53. The molecule has 0 atom stereocenters. The summed E-state index contributed by atoms with van der Waals surface area (Å²) in [5.74, 6) is 4.80. The molecule has 1 aromatic rings. The van der Waals surface area contributed by atoms with E-state index in [1.54, 1.807) is 0 Å². The summed E-state index contributed by atoms with van der Waals surface area (Å²) in [5.41, 5.74) is 0.818. The molecule has 4 heteroatoms. The lowest BCUT2D eigenvalue weighted by molar-refractivity contribution is 0.427. The van der Waals surface area contributed by atoms with Crippen molar-refractivity contribution in [3.8, 4) is 11.7 Å². The smallest absolute Gasteiger partial charge is 0.416 e. The zero-order valence-electron chi connectivity index (χ0n) is 5.11. The first kappa shape index (κ1) is 7.35. The van der Waals surface area contributed by atoms with Crippen LogP contribution < -0.4 is 0 Å². The third-order valence-corrected chi connectivity index (χ3v) is 1.55. The van der Waals surface area contributed by atoms with E-state index >= 15 is 0 Å². The summed E-state index contributed by atoms with van der Waals surface area (Å²) in [5, 5.41) is 20.4. The van der Waals surface area contributed by atoms with Crippen molar-refractivity contribution in [1.82, 2.24) is 0 Å². The van der Waals surface area contributed by atoms with Crippen LogP contribution in [0.1, 0.15) is 5.56 Å². The van der Waals surface area contributed by atoms with Crippen molar-refractivity contribution in [2.75, 3.05) is 0 Å². The molecule has 1 rings (SSSR count). The van der Waals surface area contributed by atoms with Gasteiger partial charge in [0.25, 0.3) is 0 Å². The Morgan fingerprint density at radius 2 is 2.30 bits per heavy atom. The number of hydrogen-bond acceptors (Lipinski definition) is 3. The molecular formula is C6H5BO2S. The van der Waals surface area contributed by atoms with E-state index in [1.807, 2.05) is 16.8 Å². The average Bonchev–Trinajstić information content (AvgIpc) is 2.34. The summed E-state index contributed by atoms with van der Waals surface area (Å²) in [4.78, 5) is 0. The van der Waals surface area contributed by atoms with Gasteiger partial charge in [0.2, 0.25) is 0 Å². The molecule has 50 valence electrons. The molecule has 0 saturated carbocycles. The van der Waals surface area contributed by atoms with Crippen molar-refractivity contribution in [2.24, 2.45) is 0 Å². The van der Waals surface area contributed by atoms with Gasteiger partial charge in [-0.25, -0.2) is 0 Å². The summed E-state index contributed by atoms with van der Waals surface area (Å²) in [6.45, 7) is 0. The van der Waals surface area contributed by atoms with Gasteiger partial charge in [0.1, 0.15) is 0 Å². The first-order valence-corrected chi connectivity index (χ1v) is 3.63. The van der Waals surface area contributed by atoms with Gasteiger partial charge in [-0.3, -0.25) is 0 Å². The van der Waals surface area contributed by atoms with Gasteiger partial charge in [0, 0.05) is 10.9 Å². The van der Waals surface area contributed by atoms with Gasteiger partial charge in [-0.15, -0.1) is 0 Å². The van der Waals surface area contributed by atoms with Crippen LogP contribution in [0.3, 0.4) is 0 Å². The fourth-order valence-corrected chi connectivity index (χ4v) is 1.07. The van der Waals surface area contributed by atoms with Crippen molar-refractivity contribution in [3.63, 3.8) is 0 Å². The highest BCUT2D eigenvalue weighted by molar-refractivity contribution is 7.08. The van der Waals surface area contributed by atoms with Crippen LogP contribution in [0.2, 0.25) is 0 Å². The highest BCUT2D eigenvalue weighted by Gasteiger charge is 1.97. The second-order valence-corrected chi connectivity index (χ2v) is 2.44. The van der Waals surface area contributed by atoms with Crippen LogP contribution in [0.4, 0.5) is 0 Å². The van der Waals surface area contributed by atoms with Gasteiger partial charge in [-0.2, -0.15) is 11.3 Å². The van der Waals surface area contributed by atoms with E-state index in [1.165, 1.54) is 11.3 Å².